The Morgan fingerprint density at radius 2 is 1.74 bits per heavy atom. The lowest BCUT2D eigenvalue weighted by Gasteiger charge is -2.19. The van der Waals surface area contributed by atoms with E-state index in [1.807, 2.05) is 38.1 Å². The van der Waals surface area contributed by atoms with Crippen LogP contribution in [0.4, 0.5) is 5.69 Å². The van der Waals surface area contributed by atoms with Gasteiger partial charge in [0.2, 0.25) is 11.7 Å². The first-order valence-electron chi connectivity index (χ1n) is 10.9. The number of ether oxygens (including phenoxy) is 2. The molecule has 5 rings (SSSR count). The zero-order valence-corrected chi connectivity index (χ0v) is 18.6. The average molecular weight is 462 g/mol. The summed E-state index contributed by atoms with van der Waals surface area (Å²) in [5.74, 6) is 1.05. The third kappa shape index (κ3) is 3.74. The predicted octanol–water partition coefficient (Wildman–Crippen LogP) is 3.03. The number of hydrogen-bond donors (Lipinski definition) is 0. The van der Waals surface area contributed by atoms with Crippen molar-refractivity contribution in [3.8, 4) is 22.9 Å². The van der Waals surface area contributed by atoms with Gasteiger partial charge in [0.1, 0.15) is 18.0 Å². The van der Waals surface area contributed by atoms with Crippen LogP contribution >= 0.6 is 0 Å². The summed E-state index contributed by atoms with van der Waals surface area (Å²) in [6, 6.07) is 12.4. The van der Waals surface area contributed by atoms with Gasteiger partial charge in [0.25, 0.3) is 11.8 Å². The van der Waals surface area contributed by atoms with Crippen LogP contribution in [0.1, 0.15) is 19.7 Å². The van der Waals surface area contributed by atoms with E-state index in [1.165, 1.54) is 5.01 Å². The molecule has 1 saturated heterocycles. The molecular formula is C23H22N6O5. The van der Waals surface area contributed by atoms with Crippen molar-refractivity contribution in [2.45, 2.75) is 32.5 Å². The molecule has 0 saturated carbocycles. The van der Waals surface area contributed by atoms with Crippen molar-refractivity contribution in [3.63, 3.8) is 0 Å². The molecule has 3 heterocycles. The number of amides is 2. The molecule has 2 aliphatic heterocycles. The second kappa shape index (κ2) is 8.93. The number of anilines is 1. The maximum atomic E-state index is 13.2. The molecule has 0 unspecified atom stereocenters. The molecular weight excluding hydrogens is 440 g/mol. The van der Waals surface area contributed by atoms with Gasteiger partial charge in [-0.05, 0) is 50.2 Å². The van der Waals surface area contributed by atoms with Crippen molar-refractivity contribution >= 4 is 17.5 Å². The molecule has 1 fully saturated rings. The van der Waals surface area contributed by atoms with E-state index in [-0.39, 0.29) is 12.4 Å². The lowest BCUT2D eigenvalue weighted by atomic mass is 10.1. The molecule has 2 atom stereocenters. The highest BCUT2D eigenvalue weighted by atomic mass is 16.5. The smallest absolute Gasteiger partial charge is 0.263 e. The first-order valence-corrected chi connectivity index (χ1v) is 10.9. The number of aromatic nitrogens is 2. The van der Waals surface area contributed by atoms with Crippen LogP contribution in [0.2, 0.25) is 0 Å². The maximum Gasteiger partial charge on any atom is 0.263 e. The lowest BCUT2D eigenvalue weighted by Crippen LogP contribution is -2.39. The number of carbonyl (C=O) groups excluding carboxylic acids is 2. The highest BCUT2D eigenvalue weighted by molar-refractivity contribution is 6.25. The predicted molar refractivity (Wildman–Crippen MR) is 119 cm³/mol. The summed E-state index contributed by atoms with van der Waals surface area (Å²) in [7, 11) is 0. The number of fused-ring (bicyclic) bond motifs is 1. The Balaban J connectivity index is 1.33. The zero-order chi connectivity index (χ0) is 23.7. The van der Waals surface area contributed by atoms with Crippen molar-refractivity contribution in [1.29, 1.82) is 0 Å². The molecule has 0 aliphatic carbocycles. The van der Waals surface area contributed by atoms with Gasteiger partial charge in [-0.25, -0.2) is 4.90 Å². The Kier molecular flexibility index (Phi) is 5.66. The highest BCUT2D eigenvalue weighted by Gasteiger charge is 2.55. The molecule has 1 aromatic heterocycles. The molecule has 2 aromatic carbocycles. The fourth-order valence-corrected chi connectivity index (χ4v) is 3.97. The third-order valence-electron chi connectivity index (χ3n) is 5.46. The summed E-state index contributed by atoms with van der Waals surface area (Å²) in [6.07, 6.45) is 0. The summed E-state index contributed by atoms with van der Waals surface area (Å²) >= 11 is 0. The first kappa shape index (κ1) is 21.6. The van der Waals surface area contributed by atoms with Crippen LogP contribution in [0.25, 0.3) is 11.4 Å². The number of benzene rings is 2. The number of rotatable bonds is 8. The molecule has 0 spiro atoms. The second-order valence-electron chi connectivity index (χ2n) is 7.57. The Morgan fingerprint density at radius 1 is 0.971 bits per heavy atom. The third-order valence-corrected chi connectivity index (χ3v) is 5.46. The van der Waals surface area contributed by atoms with E-state index in [2.05, 4.69) is 20.5 Å². The summed E-state index contributed by atoms with van der Waals surface area (Å²) in [4.78, 5) is 31.7. The maximum absolute atomic E-state index is 13.2. The van der Waals surface area contributed by atoms with Gasteiger partial charge in [0.15, 0.2) is 12.1 Å². The Hall–Kier alpha value is -4.28. The van der Waals surface area contributed by atoms with Crippen LogP contribution in [0, 0.1) is 0 Å². The van der Waals surface area contributed by atoms with Gasteiger partial charge >= 0.3 is 0 Å². The van der Waals surface area contributed by atoms with Gasteiger partial charge in [0.05, 0.1) is 24.5 Å². The van der Waals surface area contributed by atoms with Gasteiger partial charge in [-0.15, -0.1) is 0 Å². The number of carbonyl (C=O) groups is 2. The van der Waals surface area contributed by atoms with E-state index >= 15 is 0 Å². The number of nitrogens with zero attached hydrogens (tertiary/aromatic N) is 6. The van der Waals surface area contributed by atoms with E-state index in [4.69, 9.17) is 14.0 Å². The van der Waals surface area contributed by atoms with Crippen LogP contribution in [-0.2, 0) is 16.1 Å². The van der Waals surface area contributed by atoms with Crippen molar-refractivity contribution < 1.29 is 23.6 Å². The summed E-state index contributed by atoms with van der Waals surface area (Å²) < 4.78 is 16.4. The topological polar surface area (TPSA) is 123 Å². The standard InChI is InChI=1S/C23H22N6O5/c1-3-32-15-11-9-14(10-12-15)29-22(30)19-20(23(29)31)28(27-25-19)13-18-24-21(26-34-18)16-7-5-6-8-17(16)33-4-2/h5-12,19-20H,3-4,13H2,1-2H3/t19-,20+/m0/s1. The van der Waals surface area contributed by atoms with E-state index < -0.39 is 23.9 Å². The fraction of sp³-hybridized carbons (Fsp3) is 0.304. The average Bonchev–Trinajstić information content (AvgIpc) is 3.54. The number of imide groups is 1. The molecule has 3 aromatic rings. The largest absolute Gasteiger partial charge is 0.494 e. The minimum atomic E-state index is -0.917. The van der Waals surface area contributed by atoms with Crippen molar-refractivity contribution in [2.24, 2.45) is 10.3 Å². The normalized spacial score (nSPS) is 19.1. The molecule has 174 valence electrons. The van der Waals surface area contributed by atoms with Crippen LogP contribution in [0.5, 0.6) is 11.5 Å². The van der Waals surface area contributed by atoms with Crippen molar-refractivity contribution in [1.82, 2.24) is 15.1 Å². The number of hydrogen-bond acceptors (Lipinski definition) is 10. The molecule has 0 radical (unpaired) electrons. The van der Waals surface area contributed by atoms with Gasteiger partial charge in [-0.2, -0.15) is 10.1 Å². The molecule has 11 nitrogen and oxygen atoms in total. The Labute approximate surface area is 194 Å². The van der Waals surface area contributed by atoms with E-state index in [0.29, 0.717) is 41.8 Å². The lowest BCUT2D eigenvalue weighted by molar-refractivity contribution is -0.123. The van der Waals surface area contributed by atoms with Crippen LogP contribution < -0.4 is 14.4 Å². The van der Waals surface area contributed by atoms with E-state index in [0.717, 1.165) is 4.90 Å². The highest BCUT2D eigenvalue weighted by Crippen LogP contribution is 2.34. The Morgan fingerprint density at radius 3 is 2.50 bits per heavy atom. The second-order valence-corrected chi connectivity index (χ2v) is 7.57. The van der Waals surface area contributed by atoms with E-state index in [9.17, 15) is 9.59 Å². The number of para-hydroxylation sites is 1. The summed E-state index contributed by atoms with van der Waals surface area (Å²) in [6.45, 7) is 4.83. The van der Waals surface area contributed by atoms with Crippen LogP contribution in [0.15, 0.2) is 63.4 Å². The van der Waals surface area contributed by atoms with Gasteiger partial charge in [-0.3, -0.25) is 14.6 Å². The molecule has 11 heteroatoms. The van der Waals surface area contributed by atoms with Crippen LogP contribution in [0.3, 0.4) is 0 Å². The fourth-order valence-electron chi connectivity index (χ4n) is 3.97. The minimum Gasteiger partial charge on any atom is -0.494 e. The van der Waals surface area contributed by atoms with Gasteiger partial charge in [0, 0.05) is 0 Å². The molecule has 34 heavy (non-hydrogen) atoms. The first-order chi connectivity index (χ1) is 16.6. The van der Waals surface area contributed by atoms with Crippen molar-refractivity contribution in [3.05, 3.63) is 54.4 Å². The van der Waals surface area contributed by atoms with Gasteiger partial charge < -0.3 is 14.0 Å². The van der Waals surface area contributed by atoms with Gasteiger partial charge in [-0.1, -0.05) is 22.5 Å². The quantitative estimate of drug-likeness (QED) is 0.468. The van der Waals surface area contributed by atoms with Crippen LogP contribution in [-0.4, -0.2) is 52.3 Å². The minimum absolute atomic E-state index is 0.0323. The zero-order valence-electron chi connectivity index (χ0n) is 18.6. The summed E-state index contributed by atoms with van der Waals surface area (Å²) in [5.41, 5.74) is 1.14. The molecule has 2 amide bonds. The molecule has 2 aliphatic rings. The monoisotopic (exact) mass is 462 g/mol. The Bertz CT molecular complexity index is 1240. The molecule has 0 bridgehead atoms. The molecule has 0 N–H and O–H groups in total. The SMILES string of the molecule is CCOc1ccc(N2C(=O)[C@H]3N=NN(Cc4nc(-c5ccccc5OCC)no4)[C@H]3C2=O)cc1. The summed E-state index contributed by atoms with van der Waals surface area (Å²) in [5, 5.41) is 13.5. The van der Waals surface area contributed by atoms with E-state index in [1.54, 1.807) is 24.3 Å². The van der Waals surface area contributed by atoms with Crippen molar-refractivity contribution in [2.75, 3.05) is 18.1 Å².